The number of fused-ring (bicyclic) bond motifs is 1. The summed E-state index contributed by atoms with van der Waals surface area (Å²) in [5.41, 5.74) is 3.55. The van der Waals surface area contributed by atoms with E-state index < -0.39 is 10.0 Å². The third-order valence-electron chi connectivity index (χ3n) is 5.18. The number of carbonyl (C=O) groups is 1. The number of benzene rings is 1. The monoisotopic (exact) mass is 404 g/mol. The Morgan fingerprint density at radius 3 is 2.54 bits per heavy atom. The van der Waals surface area contributed by atoms with E-state index in [0.717, 1.165) is 29.1 Å². The zero-order chi connectivity index (χ0) is 20.6. The van der Waals surface area contributed by atoms with Crippen LogP contribution >= 0.6 is 0 Å². The van der Waals surface area contributed by atoms with Gasteiger partial charge in [0.2, 0.25) is 10.0 Å². The minimum atomic E-state index is -3.49. The third-order valence-corrected chi connectivity index (χ3v) is 6.99. The van der Waals surface area contributed by atoms with Crippen molar-refractivity contribution in [3.8, 4) is 0 Å². The zero-order valence-corrected chi connectivity index (χ0v) is 18.0. The van der Waals surface area contributed by atoms with E-state index in [1.54, 1.807) is 23.1 Å². The van der Waals surface area contributed by atoms with Crippen molar-refractivity contribution in [3.05, 3.63) is 41.2 Å². The highest BCUT2D eigenvalue weighted by Gasteiger charge is 2.33. The molecular weight excluding hydrogens is 376 g/mol. The average Bonchev–Trinajstić information content (AvgIpc) is 3.21. The molecule has 28 heavy (non-hydrogen) atoms. The van der Waals surface area contributed by atoms with Crippen LogP contribution < -0.4 is 4.90 Å². The fourth-order valence-corrected chi connectivity index (χ4v) is 4.70. The first kappa shape index (κ1) is 20.5. The number of hydrogen-bond donors (Lipinski definition) is 0. The molecule has 1 amide bonds. The van der Waals surface area contributed by atoms with Gasteiger partial charge in [-0.25, -0.2) is 12.7 Å². The number of aryl methyl sites for hydroxylation is 2. The van der Waals surface area contributed by atoms with Crippen LogP contribution in [-0.4, -0.2) is 49.1 Å². The van der Waals surface area contributed by atoms with Crippen molar-refractivity contribution >= 4 is 21.6 Å². The molecule has 8 heteroatoms. The lowest BCUT2D eigenvalue weighted by atomic mass is 10.1. The van der Waals surface area contributed by atoms with Gasteiger partial charge in [0, 0.05) is 32.0 Å². The number of nitrogens with zero attached hydrogens (tertiary/aromatic N) is 4. The van der Waals surface area contributed by atoms with Gasteiger partial charge in [-0.1, -0.05) is 13.3 Å². The molecule has 152 valence electrons. The van der Waals surface area contributed by atoms with Crippen LogP contribution in [0, 0.1) is 13.8 Å². The molecule has 1 aliphatic heterocycles. The number of carbonyl (C=O) groups excluding carboxylic acids is 1. The topological polar surface area (TPSA) is 75.5 Å². The van der Waals surface area contributed by atoms with Crippen molar-refractivity contribution < 1.29 is 13.2 Å². The van der Waals surface area contributed by atoms with E-state index in [9.17, 15) is 13.2 Å². The van der Waals surface area contributed by atoms with Gasteiger partial charge in [0.15, 0.2) is 0 Å². The Kier molecular flexibility index (Phi) is 5.63. The van der Waals surface area contributed by atoms with E-state index >= 15 is 0 Å². The first-order valence-electron chi connectivity index (χ1n) is 9.56. The molecule has 3 rings (SSSR count). The Morgan fingerprint density at radius 2 is 1.96 bits per heavy atom. The number of hydrogen-bond acceptors (Lipinski definition) is 4. The highest BCUT2D eigenvalue weighted by Crippen LogP contribution is 2.33. The van der Waals surface area contributed by atoms with Crippen LogP contribution in [0.5, 0.6) is 0 Å². The lowest BCUT2D eigenvalue weighted by Gasteiger charge is -2.25. The summed E-state index contributed by atoms with van der Waals surface area (Å²) < 4.78 is 27.8. The molecule has 0 bridgehead atoms. The fraction of sp³-hybridized carbons (Fsp3) is 0.500. The van der Waals surface area contributed by atoms with E-state index in [1.807, 2.05) is 24.6 Å². The van der Waals surface area contributed by atoms with Gasteiger partial charge >= 0.3 is 0 Å². The molecule has 0 radical (unpaired) electrons. The minimum Gasteiger partial charge on any atom is -0.310 e. The predicted molar refractivity (Wildman–Crippen MR) is 109 cm³/mol. The molecule has 0 saturated heterocycles. The summed E-state index contributed by atoms with van der Waals surface area (Å²) in [4.78, 5) is 15.4. The highest BCUT2D eigenvalue weighted by atomic mass is 32.2. The maximum absolute atomic E-state index is 13.4. The molecular formula is C20H28N4O3S. The Balaban J connectivity index is 1.94. The van der Waals surface area contributed by atoms with Crippen molar-refractivity contribution in [1.29, 1.82) is 0 Å². The fourth-order valence-electron chi connectivity index (χ4n) is 3.74. The molecule has 0 aliphatic carbocycles. The van der Waals surface area contributed by atoms with Crippen LogP contribution in [0.15, 0.2) is 29.2 Å². The molecule has 0 N–H and O–H groups in total. The number of aromatic nitrogens is 2. The molecule has 0 saturated carbocycles. The predicted octanol–water partition coefficient (Wildman–Crippen LogP) is 2.68. The summed E-state index contributed by atoms with van der Waals surface area (Å²) in [5, 5.41) is 4.53. The van der Waals surface area contributed by atoms with Crippen molar-refractivity contribution in [2.75, 3.05) is 25.5 Å². The Bertz CT molecular complexity index is 995. The number of amides is 1. The maximum atomic E-state index is 13.4. The second kappa shape index (κ2) is 7.67. The van der Waals surface area contributed by atoms with Crippen LogP contribution in [-0.2, 0) is 21.2 Å². The second-order valence-corrected chi connectivity index (χ2v) is 9.65. The summed E-state index contributed by atoms with van der Waals surface area (Å²) in [6.45, 7) is 6.50. The molecule has 7 nitrogen and oxygen atoms in total. The minimum absolute atomic E-state index is 0.00927. The van der Waals surface area contributed by atoms with Crippen molar-refractivity contribution in [3.63, 3.8) is 0 Å². The molecule has 1 aromatic heterocycles. The number of rotatable bonds is 6. The molecule has 0 fully saturated rings. The largest absolute Gasteiger partial charge is 0.310 e. The average molecular weight is 405 g/mol. The SMILES string of the molecule is CCC[C@H](C(=O)N1CCc2cc(S(=O)(=O)N(C)C)ccc21)n1nc(C)cc1C. The Morgan fingerprint density at radius 1 is 1.25 bits per heavy atom. The lowest BCUT2D eigenvalue weighted by Crippen LogP contribution is -2.37. The second-order valence-electron chi connectivity index (χ2n) is 7.49. The lowest BCUT2D eigenvalue weighted by molar-refractivity contribution is -0.122. The summed E-state index contributed by atoms with van der Waals surface area (Å²) in [6, 6.07) is 6.65. The van der Waals surface area contributed by atoms with Crippen molar-refractivity contribution in [2.45, 2.75) is 51.0 Å². The van der Waals surface area contributed by atoms with Crippen molar-refractivity contribution in [2.24, 2.45) is 0 Å². The van der Waals surface area contributed by atoms with E-state index in [-0.39, 0.29) is 16.8 Å². The van der Waals surface area contributed by atoms with E-state index in [1.165, 1.54) is 18.4 Å². The molecule has 0 spiro atoms. The Labute approximate surface area is 167 Å². The summed E-state index contributed by atoms with van der Waals surface area (Å²) in [6.07, 6.45) is 2.23. The number of anilines is 1. The smallest absolute Gasteiger partial charge is 0.251 e. The van der Waals surface area contributed by atoms with Crippen LogP contribution in [0.25, 0.3) is 0 Å². The molecule has 0 unspecified atom stereocenters. The van der Waals surface area contributed by atoms with Crippen LogP contribution in [0.3, 0.4) is 0 Å². The molecule has 1 aromatic carbocycles. The van der Waals surface area contributed by atoms with Gasteiger partial charge < -0.3 is 4.90 Å². The summed E-state index contributed by atoms with van der Waals surface area (Å²) in [5.74, 6) is 0.00927. The van der Waals surface area contributed by atoms with E-state index in [4.69, 9.17) is 0 Å². The van der Waals surface area contributed by atoms with Crippen LogP contribution in [0.4, 0.5) is 5.69 Å². The van der Waals surface area contributed by atoms with Gasteiger partial charge in [-0.05, 0) is 56.5 Å². The standard InChI is InChI=1S/C20H28N4O3S/c1-6-7-19(24-15(3)12-14(2)21-24)20(25)23-11-10-16-13-17(8-9-18(16)23)28(26,27)22(4)5/h8-9,12-13,19H,6-7,10-11H2,1-5H3/t19-/m1/s1. The van der Waals surface area contributed by atoms with Gasteiger partial charge in [-0.3, -0.25) is 9.48 Å². The van der Waals surface area contributed by atoms with Gasteiger partial charge in [0.05, 0.1) is 10.6 Å². The highest BCUT2D eigenvalue weighted by molar-refractivity contribution is 7.89. The summed E-state index contributed by atoms with van der Waals surface area (Å²) in [7, 11) is -0.459. The molecule has 2 aromatic rings. The molecule has 1 atom stereocenters. The van der Waals surface area contributed by atoms with Crippen LogP contribution in [0.2, 0.25) is 0 Å². The summed E-state index contributed by atoms with van der Waals surface area (Å²) >= 11 is 0. The molecule has 2 heterocycles. The van der Waals surface area contributed by atoms with E-state index in [2.05, 4.69) is 12.0 Å². The first-order chi connectivity index (χ1) is 13.2. The molecule has 1 aliphatic rings. The first-order valence-corrected chi connectivity index (χ1v) is 11.0. The van der Waals surface area contributed by atoms with E-state index in [0.29, 0.717) is 19.4 Å². The number of sulfonamides is 1. The third kappa shape index (κ3) is 3.58. The normalized spacial score (nSPS) is 15.1. The van der Waals surface area contributed by atoms with Gasteiger partial charge in [0.25, 0.3) is 5.91 Å². The Hall–Kier alpha value is -2.19. The van der Waals surface area contributed by atoms with Gasteiger partial charge in [-0.2, -0.15) is 5.10 Å². The maximum Gasteiger partial charge on any atom is 0.251 e. The van der Waals surface area contributed by atoms with Crippen LogP contribution in [0.1, 0.15) is 42.8 Å². The quantitative estimate of drug-likeness (QED) is 0.742. The zero-order valence-electron chi connectivity index (χ0n) is 17.1. The van der Waals surface area contributed by atoms with Gasteiger partial charge in [-0.15, -0.1) is 0 Å². The van der Waals surface area contributed by atoms with Crippen molar-refractivity contribution in [1.82, 2.24) is 14.1 Å². The van der Waals surface area contributed by atoms with Gasteiger partial charge in [0.1, 0.15) is 6.04 Å².